The summed E-state index contributed by atoms with van der Waals surface area (Å²) in [5, 5.41) is 12.0. The van der Waals surface area contributed by atoms with Crippen LogP contribution in [-0.2, 0) is 4.79 Å². The molecule has 1 saturated heterocycles. The monoisotopic (exact) mass is 228 g/mol. The van der Waals surface area contributed by atoms with Gasteiger partial charge in [-0.2, -0.15) is 0 Å². The van der Waals surface area contributed by atoms with Crippen molar-refractivity contribution in [3.63, 3.8) is 0 Å². The predicted octanol–water partition coefficient (Wildman–Crippen LogP) is 1.32. The van der Waals surface area contributed by atoms with Crippen molar-refractivity contribution in [2.45, 2.75) is 45.1 Å². The zero-order valence-corrected chi connectivity index (χ0v) is 10.2. The van der Waals surface area contributed by atoms with Gasteiger partial charge in [-0.25, -0.2) is 0 Å². The van der Waals surface area contributed by atoms with Crippen LogP contribution >= 0.6 is 0 Å². The Balaban J connectivity index is 2.09. The summed E-state index contributed by atoms with van der Waals surface area (Å²) >= 11 is 0. The van der Waals surface area contributed by atoms with E-state index in [2.05, 4.69) is 17.1 Å². The van der Waals surface area contributed by atoms with E-state index in [1.807, 2.05) is 0 Å². The number of nitrogens with one attached hydrogen (secondary N) is 1. The fourth-order valence-corrected chi connectivity index (χ4v) is 2.29. The first-order chi connectivity index (χ1) is 7.72. The van der Waals surface area contributed by atoms with E-state index >= 15 is 0 Å². The van der Waals surface area contributed by atoms with Gasteiger partial charge in [0.15, 0.2) is 0 Å². The van der Waals surface area contributed by atoms with Gasteiger partial charge in [0, 0.05) is 19.0 Å². The van der Waals surface area contributed by atoms with E-state index in [1.165, 1.54) is 32.4 Å². The highest BCUT2D eigenvalue weighted by Gasteiger charge is 2.18. The molecule has 0 aromatic heterocycles. The standard InChI is InChI=1S/C12H24N2O2/c1-2-8-14-9-4-5-11(10-14)13-7-3-6-12(15)16/h11,13H,2-10H2,1H3,(H,15,16). The third-order valence-corrected chi connectivity index (χ3v) is 3.05. The summed E-state index contributed by atoms with van der Waals surface area (Å²) in [5.74, 6) is -0.696. The van der Waals surface area contributed by atoms with E-state index in [1.54, 1.807) is 0 Å². The van der Waals surface area contributed by atoms with Crippen LogP contribution in [0.1, 0.15) is 39.0 Å². The molecule has 4 nitrogen and oxygen atoms in total. The molecule has 0 bridgehead atoms. The van der Waals surface area contributed by atoms with Crippen LogP contribution in [0.5, 0.6) is 0 Å². The number of hydrogen-bond donors (Lipinski definition) is 2. The van der Waals surface area contributed by atoms with Crippen molar-refractivity contribution in [2.75, 3.05) is 26.2 Å². The molecule has 4 heteroatoms. The molecule has 1 unspecified atom stereocenters. The fourth-order valence-electron chi connectivity index (χ4n) is 2.29. The minimum atomic E-state index is -0.696. The lowest BCUT2D eigenvalue weighted by Gasteiger charge is -2.33. The first kappa shape index (κ1) is 13.5. The van der Waals surface area contributed by atoms with E-state index in [-0.39, 0.29) is 6.42 Å². The Labute approximate surface area is 98.0 Å². The third-order valence-electron chi connectivity index (χ3n) is 3.05. The molecule has 2 N–H and O–H groups in total. The van der Waals surface area contributed by atoms with Crippen molar-refractivity contribution < 1.29 is 9.90 Å². The molecular formula is C12H24N2O2. The largest absolute Gasteiger partial charge is 0.481 e. The molecule has 1 atom stereocenters. The maximum absolute atomic E-state index is 10.4. The molecule has 0 amide bonds. The molecule has 0 aromatic carbocycles. The SMILES string of the molecule is CCCN1CCCC(NCCCC(=O)O)C1. The maximum atomic E-state index is 10.4. The lowest BCUT2D eigenvalue weighted by atomic mass is 10.1. The van der Waals surface area contributed by atoms with Crippen molar-refractivity contribution in [3.8, 4) is 0 Å². The summed E-state index contributed by atoms with van der Waals surface area (Å²) in [6.45, 7) is 6.58. The molecule has 0 aliphatic carbocycles. The summed E-state index contributed by atoms with van der Waals surface area (Å²) in [6, 6.07) is 0.564. The Morgan fingerprint density at radius 1 is 1.56 bits per heavy atom. The van der Waals surface area contributed by atoms with Gasteiger partial charge >= 0.3 is 5.97 Å². The number of nitrogens with zero attached hydrogens (tertiary/aromatic N) is 1. The van der Waals surface area contributed by atoms with E-state index in [4.69, 9.17) is 5.11 Å². The molecule has 1 heterocycles. The maximum Gasteiger partial charge on any atom is 0.303 e. The molecule has 94 valence electrons. The molecule has 0 spiro atoms. The topological polar surface area (TPSA) is 52.6 Å². The lowest BCUT2D eigenvalue weighted by molar-refractivity contribution is -0.137. The van der Waals surface area contributed by atoms with Gasteiger partial charge in [0.1, 0.15) is 0 Å². The average Bonchev–Trinajstić information content (AvgIpc) is 2.25. The zero-order valence-electron chi connectivity index (χ0n) is 10.2. The highest BCUT2D eigenvalue weighted by atomic mass is 16.4. The first-order valence-electron chi connectivity index (χ1n) is 6.40. The number of carboxylic acid groups (broad SMARTS) is 1. The minimum absolute atomic E-state index is 0.276. The van der Waals surface area contributed by atoms with Gasteiger partial charge in [-0.05, 0) is 45.3 Å². The zero-order chi connectivity index (χ0) is 11.8. The van der Waals surface area contributed by atoms with E-state index in [0.717, 1.165) is 19.5 Å². The van der Waals surface area contributed by atoms with Gasteiger partial charge in [0.25, 0.3) is 0 Å². The van der Waals surface area contributed by atoms with Crippen LogP contribution in [0.15, 0.2) is 0 Å². The number of carbonyl (C=O) groups is 1. The number of piperidine rings is 1. The molecule has 1 fully saturated rings. The molecule has 0 saturated carbocycles. The normalized spacial score (nSPS) is 22.2. The van der Waals surface area contributed by atoms with Crippen LogP contribution in [0, 0.1) is 0 Å². The second-order valence-corrected chi connectivity index (χ2v) is 4.59. The van der Waals surface area contributed by atoms with Gasteiger partial charge in [-0.15, -0.1) is 0 Å². The third kappa shape index (κ3) is 5.47. The Morgan fingerprint density at radius 2 is 2.38 bits per heavy atom. The lowest BCUT2D eigenvalue weighted by Crippen LogP contribution is -2.46. The molecule has 0 aromatic rings. The van der Waals surface area contributed by atoms with Crippen LogP contribution in [0.3, 0.4) is 0 Å². The molecule has 1 rings (SSSR count). The highest BCUT2D eigenvalue weighted by Crippen LogP contribution is 2.10. The van der Waals surface area contributed by atoms with Crippen molar-refractivity contribution in [3.05, 3.63) is 0 Å². The van der Waals surface area contributed by atoms with Crippen molar-refractivity contribution >= 4 is 5.97 Å². The van der Waals surface area contributed by atoms with Gasteiger partial charge in [-0.1, -0.05) is 6.92 Å². The smallest absolute Gasteiger partial charge is 0.303 e. The number of carboxylic acids is 1. The molecule has 0 radical (unpaired) electrons. The minimum Gasteiger partial charge on any atom is -0.481 e. The number of aliphatic carboxylic acids is 1. The first-order valence-corrected chi connectivity index (χ1v) is 6.40. The van der Waals surface area contributed by atoms with Gasteiger partial charge < -0.3 is 15.3 Å². The molecule has 16 heavy (non-hydrogen) atoms. The number of hydrogen-bond acceptors (Lipinski definition) is 3. The van der Waals surface area contributed by atoms with Crippen molar-refractivity contribution in [2.24, 2.45) is 0 Å². The second kappa shape index (κ2) is 7.63. The van der Waals surface area contributed by atoms with Gasteiger partial charge in [-0.3, -0.25) is 4.79 Å². The van der Waals surface area contributed by atoms with Crippen LogP contribution in [0.4, 0.5) is 0 Å². The average molecular weight is 228 g/mol. The Kier molecular flexibility index (Phi) is 6.42. The van der Waals surface area contributed by atoms with Crippen molar-refractivity contribution in [1.82, 2.24) is 10.2 Å². The summed E-state index contributed by atoms with van der Waals surface area (Å²) < 4.78 is 0. The summed E-state index contributed by atoms with van der Waals surface area (Å²) in [5.41, 5.74) is 0. The highest BCUT2D eigenvalue weighted by molar-refractivity contribution is 5.66. The van der Waals surface area contributed by atoms with E-state index in [9.17, 15) is 4.79 Å². The van der Waals surface area contributed by atoms with E-state index in [0.29, 0.717) is 6.04 Å². The second-order valence-electron chi connectivity index (χ2n) is 4.59. The molecular weight excluding hydrogens is 204 g/mol. The summed E-state index contributed by atoms with van der Waals surface area (Å²) in [6.07, 6.45) is 4.72. The predicted molar refractivity (Wildman–Crippen MR) is 64.6 cm³/mol. The van der Waals surface area contributed by atoms with Crippen LogP contribution < -0.4 is 5.32 Å². The summed E-state index contributed by atoms with van der Waals surface area (Å²) in [4.78, 5) is 12.9. The van der Waals surface area contributed by atoms with Gasteiger partial charge in [0.05, 0.1) is 0 Å². The van der Waals surface area contributed by atoms with Crippen molar-refractivity contribution in [1.29, 1.82) is 0 Å². The van der Waals surface area contributed by atoms with Crippen LogP contribution in [0.2, 0.25) is 0 Å². The number of rotatable bonds is 7. The fraction of sp³-hybridized carbons (Fsp3) is 0.917. The molecule has 1 aliphatic rings. The number of likely N-dealkylation sites (tertiary alicyclic amines) is 1. The van der Waals surface area contributed by atoms with Crippen LogP contribution in [-0.4, -0.2) is 48.2 Å². The van der Waals surface area contributed by atoms with Gasteiger partial charge in [0.2, 0.25) is 0 Å². The van der Waals surface area contributed by atoms with E-state index < -0.39 is 5.97 Å². The summed E-state index contributed by atoms with van der Waals surface area (Å²) in [7, 11) is 0. The molecule has 1 aliphatic heterocycles. The Bertz CT molecular complexity index is 207. The Hall–Kier alpha value is -0.610. The quantitative estimate of drug-likeness (QED) is 0.645. The Morgan fingerprint density at radius 3 is 3.06 bits per heavy atom. The van der Waals surface area contributed by atoms with Crippen LogP contribution in [0.25, 0.3) is 0 Å².